The molecule has 1 unspecified atom stereocenters. The van der Waals surface area contributed by atoms with Gasteiger partial charge < -0.3 is 15.7 Å². The third kappa shape index (κ3) is 4.95. The molecule has 0 aliphatic heterocycles. The molecule has 0 saturated heterocycles. The third-order valence-corrected chi connectivity index (χ3v) is 4.37. The number of para-hydroxylation sites is 1. The zero-order chi connectivity index (χ0) is 19.8. The van der Waals surface area contributed by atoms with E-state index in [1.165, 1.54) is 0 Å². The van der Waals surface area contributed by atoms with E-state index in [1.807, 2.05) is 72.2 Å². The molecule has 1 heterocycles. The van der Waals surface area contributed by atoms with Gasteiger partial charge in [-0.15, -0.1) is 10.2 Å². The number of aromatic nitrogens is 3. The second kappa shape index (κ2) is 9.14. The lowest BCUT2D eigenvalue weighted by Crippen LogP contribution is -2.44. The molecule has 1 aromatic heterocycles. The number of guanidine groups is 1. The lowest BCUT2D eigenvalue weighted by Gasteiger charge is -2.25. The quantitative estimate of drug-likeness (QED) is 0.433. The van der Waals surface area contributed by atoms with Crippen molar-refractivity contribution in [1.29, 1.82) is 0 Å². The molecule has 0 bridgehead atoms. The highest BCUT2D eigenvalue weighted by molar-refractivity contribution is 5.79. The van der Waals surface area contributed by atoms with E-state index in [9.17, 15) is 5.11 Å². The van der Waals surface area contributed by atoms with E-state index in [-0.39, 0.29) is 0 Å². The topological polar surface area (TPSA) is 87.4 Å². The maximum absolute atomic E-state index is 10.8. The van der Waals surface area contributed by atoms with Crippen molar-refractivity contribution in [2.24, 2.45) is 4.99 Å². The van der Waals surface area contributed by atoms with Crippen LogP contribution in [0.25, 0.3) is 5.69 Å². The Morgan fingerprint density at radius 3 is 2.43 bits per heavy atom. The molecular formula is C21H26N6O. The molecular weight excluding hydrogens is 352 g/mol. The molecule has 0 aliphatic rings. The summed E-state index contributed by atoms with van der Waals surface area (Å²) < 4.78 is 1.91. The van der Waals surface area contributed by atoms with Gasteiger partial charge in [-0.25, -0.2) is 4.99 Å². The average molecular weight is 378 g/mol. The van der Waals surface area contributed by atoms with Crippen molar-refractivity contribution in [1.82, 2.24) is 25.4 Å². The van der Waals surface area contributed by atoms with Crippen molar-refractivity contribution in [2.75, 3.05) is 13.1 Å². The summed E-state index contributed by atoms with van der Waals surface area (Å²) in [6, 6.07) is 19.5. The van der Waals surface area contributed by atoms with Crippen LogP contribution in [0.4, 0.5) is 0 Å². The maximum atomic E-state index is 10.8. The molecule has 28 heavy (non-hydrogen) atoms. The van der Waals surface area contributed by atoms with Gasteiger partial charge in [0, 0.05) is 12.2 Å². The molecule has 0 fully saturated rings. The summed E-state index contributed by atoms with van der Waals surface area (Å²) in [7, 11) is 0. The minimum absolute atomic E-state index is 0.328. The van der Waals surface area contributed by atoms with Gasteiger partial charge in [-0.05, 0) is 31.5 Å². The minimum atomic E-state index is -1.01. The summed E-state index contributed by atoms with van der Waals surface area (Å²) in [4.78, 5) is 4.60. The van der Waals surface area contributed by atoms with Gasteiger partial charge in [0.2, 0.25) is 0 Å². The van der Waals surface area contributed by atoms with Gasteiger partial charge in [-0.3, -0.25) is 4.57 Å². The monoisotopic (exact) mass is 378 g/mol. The van der Waals surface area contributed by atoms with Gasteiger partial charge in [-0.2, -0.15) is 0 Å². The normalized spacial score (nSPS) is 13.8. The van der Waals surface area contributed by atoms with E-state index < -0.39 is 5.60 Å². The van der Waals surface area contributed by atoms with Crippen molar-refractivity contribution in [2.45, 2.75) is 26.0 Å². The summed E-state index contributed by atoms with van der Waals surface area (Å²) in [5, 5.41) is 25.4. The fourth-order valence-electron chi connectivity index (χ4n) is 2.82. The molecule has 1 atom stereocenters. The molecule has 146 valence electrons. The fourth-order valence-corrected chi connectivity index (χ4v) is 2.82. The van der Waals surface area contributed by atoms with Gasteiger partial charge in [-0.1, -0.05) is 48.5 Å². The molecule has 0 saturated carbocycles. The van der Waals surface area contributed by atoms with Gasteiger partial charge in [0.1, 0.15) is 18.5 Å². The Bertz CT molecular complexity index is 890. The van der Waals surface area contributed by atoms with Crippen molar-refractivity contribution in [3.63, 3.8) is 0 Å². The highest BCUT2D eigenvalue weighted by Gasteiger charge is 2.23. The average Bonchev–Trinajstić information content (AvgIpc) is 3.20. The Hall–Kier alpha value is -3.19. The number of benzene rings is 2. The summed E-state index contributed by atoms with van der Waals surface area (Å²) in [5.74, 6) is 1.35. The number of hydrogen-bond acceptors (Lipinski definition) is 4. The Kier molecular flexibility index (Phi) is 6.39. The Morgan fingerprint density at radius 1 is 1.07 bits per heavy atom. The number of hydrogen-bond donors (Lipinski definition) is 3. The van der Waals surface area contributed by atoms with Crippen LogP contribution in [0.3, 0.4) is 0 Å². The number of nitrogens with zero attached hydrogens (tertiary/aromatic N) is 4. The van der Waals surface area contributed by atoms with Crippen LogP contribution in [0.5, 0.6) is 0 Å². The SMILES string of the molecule is CCNC(=NCc1nncn1-c1ccccc1)NCC(C)(O)c1ccccc1. The number of aliphatic hydroxyl groups is 1. The molecule has 3 aromatic rings. The number of nitrogens with one attached hydrogen (secondary N) is 2. The van der Waals surface area contributed by atoms with E-state index in [0.717, 1.165) is 17.1 Å². The zero-order valence-electron chi connectivity index (χ0n) is 16.2. The minimum Gasteiger partial charge on any atom is -0.384 e. The maximum Gasteiger partial charge on any atom is 0.191 e. The summed E-state index contributed by atoms with van der Waals surface area (Å²) in [6.45, 7) is 5.18. The Balaban J connectivity index is 1.70. The lowest BCUT2D eigenvalue weighted by molar-refractivity contribution is 0.0617. The molecule has 0 spiro atoms. The first-order chi connectivity index (χ1) is 13.6. The molecule has 0 amide bonds. The van der Waals surface area contributed by atoms with E-state index in [2.05, 4.69) is 25.8 Å². The zero-order valence-corrected chi connectivity index (χ0v) is 16.2. The standard InChI is InChI=1S/C21H26N6O/c1-3-22-20(24-15-21(2,28)17-10-6-4-7-11-17)23-14-19-26-25-16-27(19)18-12-8-5-9-13-18/h4-13,16,28H,3,14-15H2,1-2H3,(H2,22,23,24). The molecule has 2 aromatic carbocycles. The first-order valence-corrected chi connectivity index (χ1v) is 9.34. The summed E-state index contributed by atoms with van der Waals surface area (Å²) in [6.07, 6.45) is 1.68. The van der Waals surface area contributed by atoms with E-state index in [1.54, 1.807) is 13.3 Å². The third-order valence-electron chi connectivity index (χ3n) is 4.37. The number of aliphatic imine (C=N–C) groups is 1. The van der Waals surface area contributed by atoms with Gasteiger partial charge in [0.05, 0.1) is 6.54 Å². The van der Waals surface area contributed by atoms with Gasteiger partial charge in [0.25, 0.3) is 0 Å². The van der Waals surface area contributed by atoms with Crippen LogP contribution in [0.2, 0.25) is 0 Å². The van der Waals surface area contributed by atoms with E-state index >= 15 is 0 Å². The molecule has 7 heteroatoms. The van der Waals surface area contributed by atoms with Crippen molar-refractivity contribution in [3.05, 3.63) is 78.4 Å². The second-order valence-corrected chi connectivity index (χ2v) is 6.64. The van der Waals surface area contributed by atoms with Crippen LogP contribution >= 0.6 is 0 Å². The van der Waals surface area contributed by atoms with E-state index in [4.69, 9.17) is 0 Å². The molecule has 0 radical (unpaired) electrons. The molecule has 0 aliphatic carbocycles. The van der Waals surface area contributed by atoms with Gasteiger partial charge >= 0.3 is 0 Å². The van der Waals surface area contributed by atoms with Crippen molar-refractivity contribution >= 4 is 5.96 Å². The van der Waals surface area contributed by atoms with Gasteiger partial charge in [0.15, 0.2) is 11.8 Å². The smallest absolute Gasteiger partial charge is 0.191 e. The summed E-state index contributed by atoms with van der Waals surface area (Å²) in [5.41, 5.74) is 0.825. The molecule has 3 N–H and O–H groups in total. The lowest BCUT2D eigenvalue weighted by atomic mass is 9.96. The van der Waals surface area contributed by atoms with E-state index in [0.29, 0.717) is 25.6 Å². The van der Waals surface area contributed by atoms with Crippen LogP contribution in [-0.4, -0.2) is 38.9 Å². The first kappa shape index (κ1) is 19.6. The van der Waals surface area contributed by atoms with Crippen LogP contribution < -0.4 is 10.6 Å². The van der Waals surface area contributed by atoms with Crippen LogP contribution in [0.1, 0.15) is 25.2 Å². The fraction of sp³-hybridized carbons (Fsp3) is 0.286. The van der Waals surface area contributed by atoms with Crippen molar-refractivity contribution in [3.8, 4) is 5.69 Å². The van der Waals surface area contributed by atoms with Crippen LogP contribution in [0, 0.1) is 0 Å². The highest BCUT2D eigenvalue weighted by Crippen LogP contribution is 2.18. The van der Waals surface area contributed by atoms with Crippen LogP contribution in [0.15, 0.2) is 72.0 Å². The first-order valence-electron chi connectivity index (χ1n) is 9.34. The Morgan fingerprint density at radius 2 is 1.75 bits per heavy atom. The second-order valence-electron chi connectivity index (χ2n) is 6.64. The van der Waals surface area contributed by atoms with Crippen LogP contribution in [-0.2, 0) is 12.1 Å². The molecule has 7 nitrogen and oxygen atoms in total. The largest absolute Gasteiger partial charge is 0.384 e. The summed E-state index contributed by atoms with van der Waals surface area (Å²) >= 11 is 0. The molecule has 3 rings (SSSR count). The predicted octanol–water partition coefficient (Wildman–Crippen LogP) is 2.23. The predicted molar refractivity (Wildman–Crippen MR) is 110 cm³/mol. The van der Waals surface area contributed by atoms with Crippen molar-refractivity contribution < 1.29 is 5.11 Å². The number of rotatable bonds is 7. The highest BCUT2D eigenvalue weighted by atomic mass is 16.3. The Labute approximate surface area is 165 Å².